The number of carbonyl (C=O) groups excluding carboxylic acids is 1. The van der Waals surface area contributed by atoms with Crippen molar-refractivity contribution in [3.05, 3.63) is 33.3 Å². The zero-order valence-electron chi connectivity index (χ0n) is 8.35. The number of nitrogens with zero attached hydrogens (tertiary/aromatic N) is 1. The highest BCUT2D eigenvalue weighted by Crippen LogP contribution is 2.29. The molecule has 1 rings (SSSR count). The summed E-state index contributed by atoms with van der Waals surface area (Å²) >= 11 is 9.03. The van der Waals surface area contributed by atoms with Gasteiger partial charge in [-0.25, -0.2) is 4.79 Å². The summed E-state index contributed by atoms with van der Waals surface area (Å²) in [6.07, 6.45) is 0.464. The van der Waals surface area contributed by atoms with Gasteiger partial charge in [-0.2, -0.15) is 0 Å². The molecule has 1 unspecified atom stereocenters. The largest absolute Gasteiger partial charge is 0.479 e. The van der Waals surface area contributed by atoms with Crippen LogP contribution in [0.1, 0.15) is 11.6 Å². The number of hydrogen-bond acceptors (Lipinski definition) is 2. The quantitative estimate of drug-likeness (QED) is 0.869. The monoisotopic (exact) mass is 305 g/mol. The van der Waals surface area contributed by atoms with Crippen molar-refractivity contribution in [2.24, 2.45) is 0 Å². The van der Waals surface area contributed by atoms with Gasteiger partial charge in [0.25, 0.3) is 0 Å². The number of hydrogen-bond donors (Lipinski definition) is 1. The zero-order chi connectivity index (χ0) is 12.3. The molecule has 0 aliphatic carbocycles. The Kier molecular flexibility index (Phi) is 4.32. The molecular weight excluding hydrogens is 297 g/mol. The Morgan fingerprint density at radius 3 is 2.75 bits per heavy atom. The van der Waals surface area contributed by atoms with E-state index in [-0.39, 0.29) is 0 Å². The van der Waals surface area contributed by atoms with Crippen LogP contribution in [0.2, 0.25) is 5.02 Å². The van der Waals surface area contributed by atoms with Crippen molar-refractivity contribution in [1.82, 2.24) is 4.90 Å². The molecule has 1 amide bonds. The lowest BCUT2D eigenvalue weighted by Crippen LogP contribution is -2.29. The van der Waals surface area contributed by atoms with Crippen molar-refractivity contribution in [2.75, 3.05) is 7.05 Å². The second-order valence-electron chi connectivity index (χ2n) is 3.18. The van der Waals surface area contributed by atoms with Crippen molar-refractivity contribution < 1.29 is 14.7 Å². The molecule has 1 aromatic carbocycles. The first-order chi connectivity index (χ1) is 7.47. The van der Waals surface area contributed by atoms with Crippen molar-refractivity contribution in [1.29, 1.82) is 0 Å². The number of carbonyl (C=O) groups is 2. The molecule has 6 heteroatoms. The summed E-state index contributed by atoms with van der Waals surface area (Å²) in [4.78, 5) is 22.8. The third-order valence-electron chi connectivity index (χ3n) is 2.06. The first-order valence-electron chi connectivity index (χ1n) is 4.32. The Balaban J connectivity index is 3.25. The van der Waals surface area contributed by atoms with E-state index >= 15 is 0 Å². The molecule has 86 valence electrons. The minimum absolute atomic E-state index is 0.420. The Morgan fingerprint density at radius 2 is 2.25 bits per heavy atom. The second-order valence-corrected chi connectivity index (χ2v) is 4.47. The fraction of sp³-hybridized carbons (Fsp3) is 0.200. The summed E-state index contributed by atoms with van der Waals surface area (Å²) in [7, 11) is 1.40. The summed E-state index contributed by atoms with van der Waals surface area (Å²) in [6.45, 7) is 0. The highest BCUT2D eigenvalue weighted by Gasteiger charge is 2.26. The smallest absolute Gasteiger partial charge is 0.331 e. The average molecular weight is 307 g/mol. The van der Waals surface area contributed by atoms with Gasteiger partial charge in [0, 0.05) is 22.1 Å². The maximum absolute atomic E-state index is 11.1. The molecule has 0 aliphatic rings. The molecule has 0 heterocycles. The normalized spacial score (nSPS) is 11.9. The maximum atomic E-state index is 11.1. The van der Waals surface area contributed by atoms with E-state index in [1.807, 2.05) is 0 Å². The van der Waals surface area contributed by atoms with E-state index < -0.39 is 12.0 Å². The molecule has 0 saturated carbocycles. The van der Waals surface area contributed by atoms with E-state index in [1.165, 1.54) is 13.1 Å². The van der Waals surface area contributed by atoms with Crippen LogP contribution in [0.3, 0.4) is 0 Å². The summed E-state index contributed by atoms with van der Waals surface area (Å²) in [5.74, 6) is -1.11. The second kappa shape index (κ2) is 5.32. The average Bonchev–Trinajstić information content (AvgIpc) is 2.22. The van der Waals surface area contributed by atoms with Gasteiger partial charge in [0.05, 0.1) is 0 Å². The van der Waals surface area contributed by atoms with Gasteiger partial charge in [-0.15, -0.1) is 0 Å². The van der Waals surface area contributed by atoms with Crippen LogP contribution in [-0.4, -0.2) is 29.4 Å². The van der Waals surface area contributed by atoms with Crippen LogP contribution < -0.4 is 0 Å². The van der Waals surface area contributed by atoms with Gasteiger partial charge in [-0.1, -0.05) is 27.5 Å². The molecule has 0 aliphatic heterocycles. The number of amides is 1. The van der Waals surface area contributed by atoms with Crippen molar-refractivity contribution in [2.45, 2.75) is 6.04 Å². The van der Waals surface area contributed by atoms with E-state index in [0.717, 1.165) is 4.90 Å². The molecule has 1 atom stereocenters. The molecule has 4 nitrogen and oxygen atoms in total. The molecule has 0 radical (unpaired) electrons. The molecular formula is C10H9BrClNO3. The lowest BCUT2D eigenvalue weighted by atomic mass is 10.1. The van der Waals surface area contributed by atoms with Crippen LogP contribution in [0, 0.1) is 0 Å². The van der Waals surface area contributed by atoms with E-state index in [2.05, 4.69) is 15.9 Å². The third-order valence-corrected chi connectivity index (χ3v) is 3.02. The fourth-order valence-electron chi connectivity index (χ4n) is 1.31. The van der Waals surface area contributed by atoms with Crippen LogP contribution in [0.15, 0.2) is 22.7 Å². The molecule has 0 spiro atoms. The SMILES string of the molecule is CN(C=O)C(C(=O)O)c1cc(Cl)ccc1Br. The standard InChI is InChI=1S/C10H9BrClNO3/c1-13(5-14)9(10(15)16)7-4-6(12)2-3-8(7)11/h2-5,9H,1H3,(H,15,16). The Hall–Kier alpha value is -1.07. The van der Waals surface area contributed by atoms with E-state index in [9.17, 15) is 9.59 Å². The van der Waals surface area contributed by atoms with E-state index in [4.69, 9.17) is 16.7 Å². The van der Waals surface area contributed by atoms with Gasteiger partial charge >= 0.3 is 5.97 Å². The van der Waals surface area contributed by atoms with Gasteiger partial charge in [0.1, 0.15) is 0 Å². The number of likely N-dealkylation sites (N-methyl/N-ethyl adjacent to an activating group) is 1. The van der Waals surface area contributed by atoms with Gasteiger partial charge in [-0.05, 0) is 18.2 Å². The summed E-state index contributed by atoms with van der Waals surface area (Å²) in [6, 6.07) is 3.75. The first-order valence-corrected chi connectivity index (χ1v) is 5.49. The van der Waals surface area contributed by atoms with E-state index in [0.29, 0.717) is 21.5 Å². The van der Waals surface area contributed by atoms with Crippen LogP contribution in [-0.2, 0) is 9.59 Å². The minimum Gasteiger partial charge on any atom is -0.479 e. The molecule has 0 aromatic heterocycles. The van der Waals surface area contributed by atoms with Crippen molar-refractivity contribution in [3.8, 4) is 0 Å². The molecule has 0 bridgehead atoms. The zero-order valence-corrected chi connectivity index (χ0v) is 10.7. The number of benzene rings is 1. The van der Waals surface area contributed by atoms with Crippen LogP contribution in [0.5, 0.6) is 0 Å². The van der Waals surface area contributed by atoms with Gasteiger partial charge in [0.15, 0.2) is 6.04 Å². The fourth-order valence-corrected chi connectivity index (χ4v) is 1.96. The highest BCUT2D eigenvalue weighted by molar-refractivity contribution is 9.10. The van der Waals surface area contributed by atoms with Gasteiger partial charge in [0.2, 0.25) is 6.41 Å². The number of aliphatic carboxylic acids is 1. The molecule has 16 heavy (non-hydrogen) atoms. The predicted octanol–water partition coefficient (Wildman–Crippen LogP) is 2.32. The maximum Gasteiger partial charge on any atom is 0.331 e. The van der Waals surface area contributed by atoms with Crippen molar-refractivity contribution >= 4 is 39.9 Å². The lowest BCUT2D eigenvalue weighted by Gasteiger charge is -2.21. The lowest BCUT2D eigenvalue weighted by molar-refractivity contribution is -0.145. The molecule has 0 saturated heterocycles. The van der Waals surface area contributed by atoms with Crippen LogP contribution in [0.25, 0.3) is 0 Å². The van der Waals surface area contributed by atoms with Gasteiger partial charge in [-0.3, -0.25) is 4.79 Å². The Bertz CT molecular complexity index is 425. The highest BCUT2D eigenvalue weighted by atomic mass is 79.9. The topological polar surface area (TPSA) is 57.6 Å². The third kappa shape index (κ3) is 2.74. The molecule has 0 fully saturated rings. The summed E-state index contributed by atoms with van der Waals surface area (Å²) in [5.41, 5.74) is 0.439. The van der Waals surface area contributed by atoms with Crippen LogP contribution >= 0.6 is 27.5 Å². The van der Waals surface area contributed by atoms with Crippen LogP contribution in [0.4, 0.5) is 0 Å². The number of halogens is 2. The summed E-state index contributed by atoms with van der Waals surface area (Å²) in [5, 5.41) is 9.50. The predicted molar refractivity (Wildman–Crippen MR) is 63.4 cm³/mol. The number of carboxylic acid groups (broad SMARTS) is 1. The minimum atomic E-state index is -1.11. The Labute approximate surface area is 106 Å². The number of carboxylic acids is 1. The Morgan fingerprint density at radius 1 is 1.62 bits per heavy atom. The number of rotatable bonds is 4. The summed E-state index contributed by atoms with van der Waals surface area (Å²) < 4.78 is 0.595. The van der Waals surface area contributed by atoms with E-state index in [1.54, 1.807) is 12.1 Å². The molecule has 1 N–H and O–H groups in total. The van der Waals surface area contributed by atoms with Gasteiger partial charge < -0.3 is 10.0 Å². The van der Waals surface area contributed by atoms with Crippen molar-refractivity contribution in [3.63, 3.8) is 0 Å². The first kappa shape index (κ1) is 13.0. The molecule has 1 aromatic rings.